The molecule has 0 aliphatic heterocycles. The molecule has 0 saturated carbocycles. The van der Waals surface area contributed by atoms with E-state index in [2.05, 4.69) is 41.5 Å². The monoisotopic (exact) mass is 232 g/mol. The predicted molar refractivity (Wildman–Crippen MR) is 73.9 cm³/mol. The second kappa shape index (κ2) is 6.22. The van der Waals surface area contributed by atoms with Gasteiger partial charge in [0.05, 0.1) is 0 Å². The molecule has 0 aromatic rings. The molecule has 0 spiro atoms. The average Bonchev–Trinajstić information content (AvgIpc) is 2.24. The van der Waals surface area contributed by atoms with E-state index in [-0.39, 0.29) is 0 Å². The highest BCUT2D eigenvalue weighted by atomic mass is 32.3. The second-order valence-corrected chi connectivity index (χ2v) is 11.9. The third-order valence-electron chi connectivity index (χ3n) is 4.21. The van der Waals surface area contributed by atoms with Crippen molar-refractivity contribution in [2.45, 2.75) is 77.4 Å². The summed E-state index contributed by atoms with van der Waals surface area (Å²) in [4.78, 5) is 0. The van der Waals surface area contributed by atoms with Crippen LogP contribution in [0.2, 0.25) is 16.6 Å². The van der Waals surface area contributed by atoms with Crippen LogP contribution in [0.4, 0.5) is 0 Å². The summed E-state index contributed by atoms with van der Waals surface area (Å²) in [6, 6.07) is 0. The minimum absolute atomic E-state index is 0.843. The van der Waals surface area contributed by atoms with Gasteiger partial charge in [0.15, 0.2) is 0 Å². The molecule has 86 valence electrons. The molecule has 3 atom stereocenters. The van der Waals surface area contributed by atoms with Crippen LogP contribution in [0, 0.1) is 0 Å². The van der Waals surface area contributed by atoms with Crippen LogP contribution in [0.25, 0.3) is 0 Å². The largest absolute Gasteiger partial charge is 0.201 e. The van der Waals surface area contributed by atoms with Gasteiger partial charge in [-0.25, -0.2) is 12.1 Å². The van der Waals surface area contributed by atoms with Crippen molar-refractivity contribution in [3.05, 3.63) is 0 Å². The van der Waals surface area contributed by atoms with Crippen LogP contribution in [-0.4, -0.2) is 7.22 Å². The molecule has 3 unspecified atom stereocenters. The molecule has 0 aromatic heterocycles. The normalized spacial score (nSPS) is 22.5. The van der Waals surface area contributed by atoms with Gasteiger partial charge in [-0.2, -0.15) is 0 Å². The highest BCUT2D eigenvalue weighted by Gasteiger charge is 2.42. The lowest BCUT2D eigenvalue weighted by Crippen LogP contribution is -2.41. The first-order chi connectivity index (χ1) is 6.44. The molecule has 0 N–H and O–H groups in total. The maximum atomic E-state index is 5.18. The summed E-state index contributed by atoms with van der Waals surface area (Å²) in [6.07, 6.45) is 3.89. The zero-order chi connectivity index (χ0) is 11.4. The molecule has 0 radical (unpaired) electrons. The van der Waals surface area contributed by atoms with Gasteiger partial charge < -0.3 is 0 Å². The Labute approximate surface area is 96.9 Å². The maximum Gasteiger partial charge on any atom is 0.121 e. The van der Waals surface area contributed by atoms with Crippen molar-refractivity contribution in [3.8, 4) is 0 Å². The number of thiol groups is 1. The molecule has 0 amide bonds. The van der Waals surface area contributed by atoms with Crippen LogP contribution >= 0.6 is 12.1 Å². The lowest BCUT2D eigenvalue weighted by atomic mass is 10.3. The number of hydrogen-bond acceptors (Lipinski definition) is 1. The Hall–Kier alpha value is 0.567. The van der Waals surface area contributed by atoms with Crippen molar-refractivity contribution < 1.29 is 0 Å². The van der Waals surface area contributed by atoms with E-state index in [0.717, 1.165) is 16.6 Å². The summed E-state index contributed by atoms with van der Waals surface area (Å²) in [5, 5.41) is 0. The molecule has 0 aromatic carbocycles. The third-order valence-corrected chi connectivity index (χ3v) is 14.1. The Balaban J connectivity index is 4.83. The Kier molecular flexibility index (Phi) is 6.47. The number of rotatable bonds is 6. The Bertz CT molecular complexity index is 132. The van der Waals surface area contributed by atoms with Gasteiger partial charge in [-0.15, -0.1) is 0 Å². The van der Waals surface area contributed by atoms with E-state index >= 15 is 0 Å². The summed E-state index contributed by atoms with van der Waals surface area (Å²) in [5.74, 6) is 0. The van der Waals surface area contributed by atoms with Crippen molar-refractivity contribution in [1.29, 1.82) is 0 Å². The summed E-state index contributed by atoms with van der Waals surface area (Å²) < 4.78 is 0. The van der Waals surface area contributed by atoms with Crippen molar-refractivity contribution in [2.75, 3.05) is 0 Å². The van der Waals surface area contributed by atoms with Gasteiger partial charge in [-0.3, -0.25) is 0 Å². The standard InChI is InChI=1S/C12H28SSi/c1-7-10(4)14(13,11(5)8-2)12(6)9-3/h10-13H,7-9H2,1-6H3. The molecule has 0 fully saturated rings. The minimum atomic E-state index is -1.37. The highest BCUT2D eigenvalue weighted by molar-refractivity contribution is 8.15. The molecular formula is C12H28SSi. The van der Waals surface area contributed by atoms with E-state index in [1.165, 1.54) is 19.3 Å². The molecule has 0 nitrogen and oxygen atoms in total. The zero-order valence-corrected chi connectivity index (χ0v) is 12.7. The van der Waals surface area contributed by atoms with Crippen molar-refractivity contribution in [1.82, 2.24) is 0 Å². The molecule has 2 heteroatoms. The van der Waals surface area contributed by atoms with Crippen LogP contribution < -0.4 is 0 Å². The van der Waals surface area contributed by atoms with E-state index in [4.69, 9.17) is 12.1 Å². The molecule has 0 aliphatic rings. The second-order valence-electron chi connectivity index (χ2n) is 4.82. The first kappa shape index (κ1) is 14.6. The smallest absolute Gasteiger partial charge is 0.121 e. The van der Waals surface area contributed by atoms with Crippen LogP contribution in [0.3, 0.4) is 0 Å². The van der Waals surface area contributed by atoms with Gasteiger partial charge in [0.25, 0.3) is 0 Å². The SMILES string of the molecule is CCC(C)[Si](S)(C(C)CC)C(C)CC. The predicted octanol–water partition coefficient (Wildman–Crippen LogP) is 5.26. The Morgan fingerprint density at radius 3 is 1.14 bits per heavy atom. The van der Waals surface area contributed by atoms with Gasteiger partial charge in [0, 0.05) is 0 Å². The number of hydrogen-bond donors (Lipinski definition) is 1. The van der Waals surface area contributed by atoms with Gasteiger partial charge >= 0.3 is 0 Å². The molecule has 0 heterocycles. The van der Waals surface area contributed by atoms with Crippen LogP contribution in [-0.2, 0) is 0 Å². The van der Waals surface area contributed by atoms with E-state index < -0.39 is 7.22 Å². The molecule has 0 saturated heterocycles. The molecule has 0 aliphatic carbocycles. The first-order valence-corrected chi connectivity index (χ1v) is 9.69. The Morgan fingerprint density at radius 1 is 0.786 bits per heavy atom. The van der Waals surface area contributed by atoms with E-state index in [1.807, 2.05) is 0 Å². The highest BCUT2D eigenvalue weighted by Crippen LogP contribution is 2.48. The summed E-state index contributed by atoms with van der Waals surface area (Å²) in [7, 11) is -1.37. The van der Waals surface area contributed by atoms with Gasteiger partial charge in [-0.1, -0.05) is 60.8 Å². The van der Waals surface area contributed by atoms with E-state index in [1.54, 1.807) is 0 Å². The fraction of sp³-hybridized carbons (Fsp3) is 1.00. The summed E-state index contributed by atoms with van der Waals surface area (Å²) >= 11 is 5.18. The van der Waals surface area contributed by atoms with Crippen LogP contribution in [0.5, 0.6) is 0 Å². The molecule has 0 rings (SSSR count). The van der Waals surface area contributed by atoms with E-state index in [9.17, 15) is 0 Å². The van der Waals surface area contributed by atoms with Crippen LogP contribution in [0.1, 0.15) is 60.8 Å². The molecule has 14 heavy (non-hydrogen) atoms. The first-order valence-electron chi connectivity index (χ1n) is 6.17. The maximum absolute atomic E-state index is 5.18. The zero-order valence-electron chi connectivity index (χ0n) is 10.8. The van der Waals surface area contributed by atoms with Gasteiger partial charge in [0.2, 0.25) is 0 Å². The van der Waals surface area contributed by atoms with Gasteiger partial charge in [-0.05, 0) is 16.6 Å². The Morgan fingerprint density at radius 2 is 1.00 bits per heavy atom. The average molecular weight is 233 g/mol. The molecule has 0 bridgehead atoms. The molecular weight excluding hydrogens is 204 g/mol. The third kappa shape index (κ3) is 2.79. The fourth-order valence-corrected chi connectivity index (χ4v) is 8.96. The fourth-order valence-electron chi connectivity index (χ4n) is 2.44. The quantitative estimate of drug-likeness (QED) is 0.468. The van der Waals surface area contributed by atoms with Crippen molar-refractivity contribution in [2.24, 2.45) is 0 Å². The summed E-state index contributed by atoms with van der Waals surface area (Å²) in [5.41, 5.74) is 2.53. The topological polar surface area (TPSA) is 0 Å². The lowest BCUT2D eigenvalue weighted by Gasteiger charge is -2.42. The summed E-state index contributed by atoms with van der Waals surface area (Å²) in [6.45, 7) is 14.2. The van der Waals surface area contributed by atoms with Gasteiger partial charge in [0.1, 0.15) is 7.22 Å². The van der Waals surface area contributed by atoms with Crippen LogP contribution in [0.15, 0.2) is 0 Å². The van der Waals surface area contributed by atoms with E-state index in [0.29, 0.717) is 0 Å². The minimum Gasteiger partial charge on any atom is -0.201 e. The van der Waals surface area contributed by atoms with Crippen molar-refractivity contribution >= 4 is 19.3 Å². The lowest BCUT2D eigenvalue weighted by molar-refractivity contribution is 0.713. The van der Waals surface area contributed by atoms with Crippen molar-refractivity contribution in [3.63, 3.8) is 0 Å².